The normalized spacial score (nSPS) is 49.9. The average molecular weight is 296 g/mol. The van der Waals surface area contributed by atoms with Crippen molar-refractivity contribution in [2.75, 3.05) is 0 Å². The lowest BCUT2D eigenvalue weighted by Crippen LogP contribution is -2.43. The van der Waals surface area contributed by atoms with E-state index in [9.17, 15) is 4.79 Å². The molecule has 0 saturated heterocycles. The molecule has 22 heavy (non-hydrogen) atoms. The molecule has 4 rings (SSSR count). The maximum absolute atomic E-state index is 11.7. The summed E-state index contributed by atoms with van der Waals surface area (Å²) in [6.45, 7) is 8.83. The highest BCUT2D eigenvalue weighted by atomic mass is 16.1. The fourth-order valence-corrected chi connectivity index (χ4v) is 6.80. The number of allylic oxidation sites excluding steroid dienone is 5. The van der Waals surface area contributed by atoms with E-state index in [0.717, 1.165) is 23.7 Å². The topological polar surface area (TPSA) is 17.1 Å². The molecule has 0 radical (unpaired) electrons. The Hall–Kier alpha value is -1.11. The van der Waals surface area contributed by atoms with E-state index in [0.29, 0.717) is 5.41 Å². The first kappa shape index (κ1) is 14.5. The number of fused-ring (bicyclic) bond motifs is 4. The fraction of sp³-hybridized carbons (Fsp3) is 0.667. The van der Waals surface area contributed by atoms with Gasteiger partial charge in [-0.2, -0.15) is 0 Å². The van der Waals surface area contributed by atoms with Crippen LogP contribution in [0, 0.1) is 34.5 Å². The number of ketones is 1. The minimum Gasteiger partial charge on any atom is -0.290 e. The fourth-order valence-electron chi connectivity index (χ4n) is 6.80. The molecule has 0 aromatic heterocycles. The molecule has 0 bridgehead atoms. The molecular weight excluding hydrogens is 268 g/mol. The van der Waals surface area contributed by atoms with Crippen LogP contribution in [0.15, 0.2) is 36.5 Å². The lowest BCUT2D eigenvalue weighted by Gasteiger charge is -2.50. The van der Waals surface area contributed by atoms with Gasteiger partial charge in [-0.3, -0.25) is 4.79 Å². The Morgan fingerprint density at radius 3 is 2.73 bits per heavy atom. The molecule has 0 amide bonds. The second-order valence-corrected chi connectivity index (χ2v) is 8.48. The lowest BCUT2D eigenvalue weighted by molar-refractivity contribution is -0.110. The maximum atomic E-state index is 11.7. The van der Waals surface area contributed by atoms with Crippen LogP contribution in [0.5, 0.6) is 0 Å². The van der Waals surface area contributed by atoms with Gasteiger partial charge in [0.15, 0.2) is 5.78 Å². The Morgan fingerprint density at radius 2 is 2.00 bits per heavy atom. The minimum absolute atomic E-state index is 0.180. The third-order valence-electron chi connectivity index (χ3n) is 7.99. The van der Waals surface area contributed by atoms with E-state index in [1.807, 2.05) is 12.2 Å². The summed E-state index contributed by atoms with van der Waals surface area (Å²) in [5, 5.41) is 0. The Kier molecular flexibility index (Phi) is 3.09. The molecule has 0 unspecified atom stereocenters. The average Bonchev–Trinajstić information content (AvgIpc) is 3.02. The summed E-state index contributed by atoms with van der Waals surface area (Å²) in [5.41, 5.74) is 2.02. The van der Waals surface area contributed by atoms with Gasteiger partial charge in [-0.05, 0) is 86.7 Å². The summed E-state index contributed by atoms with van der Waals surface area (Å²) in [5.74, 6) is 3.38. The van der Waals surface area contributed by atoms with Crippen LogP contribution in [0.3, 0.4) is 0 Å². The maximum Gasteiger partial charge on any atom is 0.178 e. The Morgan fingerprint density at radius 1 is 1.18 bits per heavy atom. The van der Waals surface area contributed by atoms with Gasteiger partial charge in [-0.25, -0.2) is 0 Å². The van der Waals surface area contributed by atoms with Crippen molar-refractivity contribution in [3.05, 3.63) is 36.5 Å². The van der Waals surface area contributed by atoms with Crippen molar-refractivity contribution < 1.29 is 4.79 Å². The van der Waals surface area contributed by atoms with Gasteiger partial charge in [0.05, 0.1) is 0 Å². The van der Waals surface area contributed by atoms with Gasteiger partial charge in [-0.15, -0.1) is 6.58 Å². The van der Waals surface area contributed by atoms with Crippen molar-refractivity contribution in [3.8, 4) is 0 Å². The number of carbonyl (C=O) groups is 1. The van der Waals surface area contributed by atoms with E-state index in [2.05, 4.69) is 32.6 Å². The molecule has 0 heterocycles. The molecule has 0 N–H and O–H groups in total. The van der Waals surface area contributed by atoms with Crippen molar-refractivity contribution in [1.82, 2.24) is 0 Å². The van der Waals surface area contributed by atoms with Crippen molar-refractivity contribution in [1.29, 1.82) is 0 Å². The number of carbonyl (C=O) groups excluding carboxylic acids is 1. The highest BCUT2D eigenvalue weighted by Gasteiger charge is 2.59. The summed E-state index contributed by atoms with van der Waals surface area (Å²) in [6.07, 6.45) is 16.2. The van der Waals surface area contributed by atoms with Crippen molar-refractivity contribution in [2.24, 2.45) is 34.5 Å². The van der Waals surface area contributed by atoms with Crippen molar-refractivity contribution >= 4 is 5.78 Å². The second-order valence-electron chi connectivity index (χ2n) is 8.48. The number of hydrogen-bond donors (Lipinski definition) is 0. The first-order valence-corrected chi connectivity index (χ1v) is 9.06. The van der Waals surface area contributed by atoms with E-state index in [1.54, 1.807) is 0 Å². The zero-order chi connectivity index (χ0) is 15.5. The molecule has 3 fully saturated rings. The zero-order valence-corrected chi connectivity index (χ0v) is 14.0. The van der Waals surface area contributed by atoms with E-state index in [1.165, 1.54) is 44.1 Å². The predicted octanol–water partition coefficient (Wildman–Crippen LogP) is 5.10. The van der Waals surface area contributed by atoms with E-state index >= 15 is 0 Å². The van der Waals surface area contributed by atoms with Crippen LogP contribution in [0.1, 0.15) is 52.4 Å². The predicted molar refractivity (Wildman–Crippen MR) is 90.3 cm³/mol. The van der Waals surface area contributed by atoms with Gasteiger partial charge in [0.2, 0.25) is 0 Å². The quantitative estimate of drug-likeness (QED) is 0.615. The summed E-state index contributed by atoms with van der Waals surface area (Å²) in [4.78, 5) is 11.7. The molecule has 0 aliphatic heterocycles. The van der Waals surface area contributed by atoms with Gasteiger partial charge in [0.25, 0.3) is 0 Å². The van der Waals surface area contributed by atoms with Crippen LogP contribution in [0.2, 0.25) is 0 Å². The number of rotatable bonds is 1. The smallest absolute Gasteiger partial charge is 0.178 e. The van der Waals surface area contributed by atoms with Crippen LogP contribution in [0.25, 0.3) is 0 Å². The van der Waals surface area contributed by atoms with E-state index in [-0.39, 0.29) is 11.2 Å². The lowest BCUT2D eigenvalue weighted by atomic mass is 9.55. The van der Waals surface area contributed by atoms with Gasteiger partial charge < -0.3 is 0 Å². The number of hydrogen-bond acceptors (Lipinski definition) is 1. The van der Waals surface area contributed by atoms with Crippen LogP contribution >= 0.6 is 0 Å². The summed E-state index contributed by atoms with van der Waals surface area (Å²) < 4.78 is 0. The van der Waals surface area contributed by atoms with Crippen LogP contribution < -0.4 is 0 Å². The third-order valence-corrected chi connectivity index (χ3v) is 7.99. The summed E-state index contributed by atoms with van der Waals surface area (Å²) in [7, 11) is 0. The Labute approximate surface area is 134 Å². The van der Waals surface area contributed by atoms with Crippen LogP contribution in [-0.4, -0.2) is 5.78 Å². The molecule has 3 saturated carbocycles. The first-order valence-electron chi connectivity index (χ1n) is 9.06. The monoisotopic (exact) mass is 296 g/mol. The van der Waals surface area contributed by atoms with Gasteiger partial charge in [0.1, 0.15) is 0 Å². The zero-order valence-electron chi connectivity index (χ0n) is 14.0. The molecule has 1 heteroatoms. The van der Waals surface area contributed by atoms with E-state index in [4.69, 9.17) is 0 Å². The molecule has 1 spiro atoms. The largest absolute Gasteiger partial charge is 0.290 e. The van der Waals surface area contributed by atoms with Gasteiger partial charge in [0, 0.05) is 5.41 Å². The van der Waals surface area contributed by atoms with Crippen LogP contribution in [0.4, 0.5) is 0 Å². The summed E-state index contributed by atoms with van der Waals surface area (Å²) in [6, 6.07) is 0. The molecule has 1 nitrogen and oxygen atoms in total. The second kappa shape index (κ2) is 4.69. The van der Waals surface area contributed by atoms with Crippen LogP contribution in [-0.2, 0) is 4.79 Å². The third kappa shape index (κ3) is 1.69. The van der Waals surface area contributed by atoms with Gasteiger partial charge in [-0.1, -0.05) is 24.6 Å². The first-order chi connectivity index (χ1) is 10.5. The molecule has 6 atom stereocenters. The molecular formula is C21H28O. The minimum atomic E-state index is 0.180. The molecule has 0 aromatic rings. The highest BCUT2D eigenvalue weighted by molar-refractivity contribution is 6.01. The Bertz CT molecular complexity index is 583. The molecule has 4 aliphatic rings. The van der Waals surface area contributed by atoms with E-state index < -0.39 is 0 Å². The Balaban J connectivity index is 1.68. The van der Waals surface area contributed by atoms with Gasteiger partial charge >= 0.3 is 0 Å². The molecule has 0 aromatic carbocycles. The molecule has 118 valence electrons. The van der Waals surface area contributed by atoms with Crippen molar-refractivity contribution in [2.45, 2.75) is 52.4 Å². The molecule has 4 aliphatic carbocycles. The van der Waals surface area contributed by atoms with Crippen molar-refractivity contribution in [3.63, 3.8) is 0 Å². The summed E-state index contributed by atoms with van der Waals surface area (Å²) >= 11 is 0. The SMILES string of the molecule is C=C[C@H]1CC[C@H]2[C@@H]3CC[C@@]4(C=CC(=O)C=C4C)[C@H]3CC[C@]12C. The highest BCUT2D eigenvalue weighted by Crippen LogP contribution is 2.67. The standard InChI is InChI=1S/C21H28O/c1-4-15-5-6-18-17-8-12-21(11-7-16(22)13-14(21)2)19(17)9-10-20(15,18)3/h4,7,11,13,15,17-19H,1,5-6,8-10,12H2,2-3H3/t15-,17-,18-,19-,20+,21+/m0/s1.